The first-order chi connectivity index (χ1) is 15.9. The second kappa shape index (κ2) is 9.91. The van der Waals surface area contributed by atoms with E-state index in [2.05, 4.69) is 0 Å². The van der Waals surface area contributed by atoms with Crippen LogP contribution in [-0.4, -0.2) is 18.3 Å². The van der Waals surface area contributed by atoms with Gasteiger partial charge in [0.05, 0.1) is 27.7 Å². The zero-order valence-electron chi connectivity index (χ0n) is 17.8. The number of halogens is 2. The Bertz CT molecular complexity index is 1230. The summed E-state index contributed by atoms with van der Waals surface area (Å²) < 4.78 is 11.1. The fourth-order valence-electron chi connectivity index (χ4n) is 3.28. The van der Waals surface area contributed by atoms with Crippen molar-refractivity contribution in [1.82, 2.24) is 0 Å². The van der Waals surface area contributed by atoms with Gasteiger partial charge in [0.15, 0.2) is 5.75 Å². The lowest BCUT2D eigenvalue weighted by molar-refractivity contribution is -0.113. The molecular weight excluding hydrogens is 481 g/mol. The van der Waals surface area contributed by atoms with Crippen LogP contribution in [-0.2, 0) is 11.4 Å². The van der Waals surface area contributed by atoms with Crippen LogP contribution in [0.2, 0.25) is 10.0 Å². The number of thioether (sulfide) groups is 1. The second-order valence-electron chi connectivity index (χ2n) is 7.28. The van der Waals surface area contributed by atoms with E-state index in [1.807, 2.05) is 31.2 Å². The number of hydrogen-bond donors (Lipinski definition) is 0. The van der Waals surface area contributed by atoms with Crippen molar-refractivity contribution >= 4 is 57.9 Å². The summed E-state index contributed by atoms with van der Waals surface area (Å²) in [6, 6.07) is 18.1. The van der Waals surface area contributed by atoms with Crippen molar-refractivity contribution in [2.24, 2.45) is 0 Å². The molecule has 0 radical (unpaired) electrons. The lowest BCUT2D eigenvalue weighted by Crippen LogP contribution is -2.28. The molecule has 0 aromatic heterocycles. The van der Waals surface area contributed by atoms with E-state index in [0.29, 0.717) is 39.4 Å². The first-order valence-corrected chi connectivity index (χ1v) is 11.5. The van der Waals surface area contributed by atoms with Crippen LogP contribution in [0, 0.1) is 6.92 Å². The van der Waals surface area contributed by atoms with Gasteiger partial charge in [0.25, 0.3) is 11.1 Å². The predicted octanol–water partition coefficient (Wildman–Crippen LogP) is 7.13. The van der Waals surface area contributed by atoms with Crippen LogP contribution in [0.3, 0.4) is 0 Å². The molecule has 33 heavy (non-hydrogen) atoms. The smallest absolute Gasteiger partial charge is 0.298 e. The number of aryl methyl sites for hydroxylation is 1. The maximum Gasteiger partial charge on any atom is 0.298 e. The summed E-state index contributed by atoms with van der Waals surface area (Å²) >= 11 is 13.7. The van der Waals surface area contributed by atoms with Crippen LogP contribution in [0.15, 0.2) is 65.6 Å². The molecular formula is C25H19Cl2NO4S. The van der Waals surface area contributed by atoms with Gasteiger partial charge in [0, 0.05) is 0 Å². The minimum atomic E-state index is -0.443. The van der Waals surface area contributed by atoms with E-state index in [1.54, 1.807) is 42.5 Å². The molecule has 4 rings (SSSR count). The fraction of sp³-hybridized carbons (Fsp3) is 0.120. The minimum Gasteiger partial charge on any atom is -0.495 e. The Morgan fingerprint density at radius 1 is 1.00 bits per heavy atom. The first-order valence-electron chi connectivity index (χ1n) is 9.95. The molecule has 0 unspecified atom stereocenters. The predicted molar refractivity (Wildman–Crippen MR) is 133 cm³/mol. The van der Waals surface area contributed by atoms with E-state index in [-0.39, 0.29) is 4.91 Å². The Balaban J connectivity index is 1.56. The summed E-state index contributed by atoms with van der Waals surface area (Å²) in [6.45, 7) is 2.33. The number of anilines is 1. The Morgan fingerprint density at radius 2 is 1.67 bits per heavy atom. The molecule has 2 amide bonds. The largest absolute Gasteiger partial charge is 0.495 e. The molecule has 1 aliphatic rings. The molecule has 0 N–H and O–H groups in total. The highest BCUT2D eigenvalue weighted by Gasteiger charge is 2.37. The molecule has 8 heteroatoms. The van der Waals surface area contributed by atoms with Gasteiger partial charge in [-0.2, -0.15) is 0 Å². The summed E-state index contributed by atoms with van der Waals surface area (Å²) in [5.74, 6) is 0.349. The summed E-state index contributed by atoms with van der Waals surface area (Å²) in [4.78, 5) is 26.9. The van der Waals surface area contributed by atoms with Gasteiger partial charge in [-0.05, 0) is 60.2 Å². The Morgan fingerprint density at radius 3 is 2.33 bits per heavy atom. The Labute approximate surface area is 205 Å². The molecule has 0 saturated carbocycles. The van der Waals surface area contributed by atoms with Gasteiger partial charge in [0.1, 0.15) is 12.4 Å². The molecule has 168 valence electrons. The van der Waals surface area contributed by atoms with E-state index >= 15 is 0 Å². The van der Waals surface area contributed by atoms with Crippen molar-refractivity contribution in [3.05, 3.63) is 92.3 Å². The number of carbonyl (C=O) groups excluding carboxylic acids is 2. The fourth-order valence-corrected chi connectivity index (χ4v) is 4.73. The van der Waals surface area contributed by atoms with Gasteiger partial charge >= 0.3 is 0 Å². The zero-order chi connectivity index (χ0) is 23.5. The van der Waals surface area contributed by atoms with Crippen molar-refractivity contribution in [3.63, 3.8) is 0 Å². The quantitative estimate of drug-likeness (QED) is 0.337. The molecule has 0 spiro atoms. The summed E-state index contributed by atoms with van der Waals surface area (Å²) in [7, 11) is 1.49. The van der Waals surface area contributed by atoms with Crippen molar-refractivity contribution in [3.8, 4) is 11.5 Å². The standard InChI is InChI=1S/C25H19Cl2NO4S/c1-15-7-9-16(10-8-15)14-32-23-18(26)11-17(12-19(23)27)13-22-24(29)28(25(30)33-22)20-5-3-4-6-21(20)31-2/h3-13H,14H2,1-2H3/b22-13-. The third kappa shape index (κ3) is 5.03. The van der Waals surface area contributed by atoms with Gasteiger partial charge in [-0.3, -0.25) is 9.59 Å². The van der Waals surface area contributed by atoms with Gasteiger partial charge < -0.3 is 9.47 Å². The normalized spacial score (nSPS) is 14.8. The monoisotopic (exact) mass is 499 g/mol. The third-order valence-electron chi connectivity index (χ3n) is 4.94. The molecule has 5 nitrogen and oxygen atoms in total. The summed E-state index contributed by atoms with van der Waals surface area (Å²) in [5.41, 5.74) is 3.12. The number of para-hydroxylation sites is 2. The van der Waals surface area contributed by atoms with E-state index in [0.717, 1.165) is 27.8 Å². The topological polar surface area (TPSA) is 55.8 Å². The van der Waals surface area contributed by atoms with Crippen LogP contribution in [0.5, 0.6) is 11.5 Å². The van der Waals surface area contributed by atoms with Gasteiger partial charge in [-0.15, -0.1) is 0 Å². The number of benzene rings is 3. The highest BCUT2D eigenvalue weighted by molar-refractivity contribution is 8.19. The highest BCUT2D eigenvalue weighted by Crippen LogP contribution is 2.41. The van der Waals surface area contributed by atoms with Crippen LogP contribution >= 0.6 is 35.0 Å². The number of hydrogen-bond acceptors (Lipinski definition) is 5. The second-order valence-corrected chi connectivity index (χ2v) is 9.08. The lowest BCUT2D eigenvalue weighted by Gasteiger charge is -2.15. The average molecular weight is 500 g/mol. The van der Waals surface area contributed by atoms with Crippen LogP contribution in [0.4, 0.5) is 10.5 Å². The number of imide groups is 1. The zero-order valence-corrected chi connectivity index (χ0v) is 20.1. The third-order valence-corrected chi connectivity index (χ3v) is 6.37. The van der Waals surface area contributed by atoms with E-state index < -0.39 is 11.1 Å². The molecule has 1 aliphatic heterocycles. The summed E-state index contributed by atoms with van der Waals surface area (Å²) in [5, 5.41) is 0.209. The van der Waals surface area contributed by atoms with Crippen LogP contribution in [0.25, 0.3) is 6.08 Å². The molecule has 3 aromatic rings. The van der Waals surface area contributed by atoms with Gasteiger partial charge in [-0.25, -0.2) is 4.90 Å². The number of amides is 2. The number of nitrogens with zero attached hydrogens (tertiary/aromatic N) is 1. The Hall–Kier alpha value is -2.93. The van der Waals surface area contributed by atoms with Crippen molar-refractivity contribution in [2.75, 3.05) is 12.0 Å². The minimum absolute atomic E-state index is 0.256. The number of rotatable bonds is 6. The highest BCUT2D eigenvalue weighted by atomic mass is 35.5. The molecule has 3 aromatic carbocycles. The average Bonchev–Trinajstić information content (AvgIpc) is 3.07. The number of ether oxygens (including phenoxy) is 2. The van der Waals surface area contributed by atoms with Gasteiger partial charge in [-0.1, -0.05) is 65.2 Å². The molecule has 0 bridgehead atoms. The van der Waals surface area contributed by atoms with Crippen molar-refractivity contribution in [2.45, 2.75) is 13.5 Å². The SMILES string of the molecule is COc1ccccc1N1C(=O)S/C(=C\c2cc(Cl)c(OCc3ccc(C)cc3)c(Cl)c2)C1=O. The maximum atomic E-state index is 13.0. The van der Waals surface area contributed by atoms with Gasteiger partial charge in [0.2, 0.25) is 0 Å². The molecule has 0 aliphatic carbocycles. The van der Waals surface area contributed by atoms with E-state index in [1.165, 1.54) is 7.11 Å². The van der Waals surface area contributed by atoms with E-state index in [9.17, 15) is 9.59 Å². The first kappa shape index (κ1) is 23.2. The number of methoxy groups -OCH3 is 1. The van der Waals surface area contributed by atoms with Crippen LogP contribution < -0.4 is 14.4 Å². The summed E-state index contributed by atoms with van der Waals surface area (Å²) in [6.07, 6.45) is 1.59. The lowest BCUT2D eigenvalue weighted by atomic mass is 10.1. The number of carbonyl (C=O) groups is 2. The molecule has 1 heterocycles. The molecule has 1 fully saturated rings. The molecule has 0 atom stereocenters. The molecule has 1 saturated heterocycles. The van der Waals surface area contributed by atoms with Crippen LogP contribution in [0.1, 0.15) is 16.7 Å². The van der Waals surface area contributed by atoms with E-state index in [4.69, 9.17) is 32.7 Å². The Kier molecular flexibility index (Phi) is 6.98. The van der Waals surface area contributed by atoms with Crippen molar-refractivity contribution < 1.29 is 19.1 Å². The van der Waals surface area contributed by atoms with Crippen molar-refractivity contribution in [1.29, 1.82) is 0 Å². The maximum absolute atomic E-state index is 13.0.